The van der Waals surface area contributed by atoms with Gasteiger partial charge in [0.25, 0.3) is 5.91 Å². The van der Waals surface area contributed by atoms with Gasteiger partial charge < -0.3 is 22.5 Å². The second-order valence-corrected chi connectivity index (χ2v) is 4.88. The number of carbonyl (C=O) groups excluding carboxylic acids is 2. The third kappa shape index (κ3) is 6.48. The minimum atomic E-state index is -0.306. The molecule has 5 nitrogen and oxygen atoms in total. The number of amides is 1. The number of aryl methyl sites for hydroxylation is 1. The van der Waals surface area contributed by atoms with Crippen molar-refractivity contribution in [2.45, 2.75) is 13.3 Å². The minimum Gasteiger partial charge on any atom is -1.00 e. The Morgan fingerprint density at radius 1 is 1.22 bits per heavy atom. The van der Waals surface area contributed by atoms with E-state index in [9.17, 15) is 9.59 Å². The van der Waals surface area contributed by atoms with Crippen molar-refractivity contribution >= 4 is 11.9 Å². The van der Waals surface area contributed by atoms with Gasteiger partial charge in [0.2, 0.25) is 0 Å². The first-order valence-electron chi connectivity index (χ1n) is 7.04. The fourth-order valence-electron chi connectivity index (χ4n) is 1.85. The van der Waals surface area contributed by atoms with Crippen LogP contribution in [0.3, 0.4) is 0 Å². The fraction of sp³-hybridized carbons (Fsp3) is 0.235. The largest absolute Gasteiger partial charge is 1.00 e. The first kappa shape index (κ1) is 18.6. The highest BCUT2D eigenvalue weighted by molar-refractivity contribution is 5.93. The summed E-state index contributed by atoms with van der Waals surface area (Å²) in [5.74, 6) is -0.540. The van der Waals surface area contributed by atoms with E-state index in [4.69, 9.17) is 4.74 Å². The average molecular weight is 335 g/mol. The Hall–Kier alpha value is -2.40. The van der Waals surface area contributed by atoms with E-state index in [1.165, 1.54) is 6.20 Å². The summed E-state index contributed by atoms with van der Waals surface area (Å²) in [6.45, 7) is 2.41. The maximum absolute atomic E-state index is 11.7. The zero-order chi connectivity index (χ0) is 15.8. The third-order valence-electron chi connectivity index (χ3n) is 3.04. The Morgan fingerprint density at radius 2 is 1.96 bits per heavy atom. The highest BCUT2D eigenvalue weighted by Gasteiger charge is 2.06. The number of hydrogen-bond acceptors (Lipinski definition) is 4. The molecule has 0 radical (unpaired) electrons. The van der Waals surface area contributed by atoms with E-state index in [0.29, 0.717) is 5.56 Å². The predicted octanol–water partition coefficient (Wildman–Crippen LogP) is -0.978. The van der Waals surface area contributed by atoms with E-state index < -0.39 is 0 Å². The van der Waals surface area contributed by atoms with Crippen molar-refractivity contribution in [2.75, 3.05) is 13.2 Å². The summed E-state index contributed by atoms with van der Waals surface area (Å²) in [5, 5.41) is 2.67. The number of nitrogens with zero attached hydrogens (tertiary/aromatic N) is 1. The molecule has 23 heavy (non-hydrogen) atoms. The molecule has 0 fully saturated rings. The van der Waals surface area contributed by atoms with Gasteiger partial charge in [-0.25, -0.2) is 0 Å². The summed E-state index contributed by atoms with van der Waals surface area (Å²) in [7, 11) is 0. The van der Waals surface area contributed by atoms with Crippen LogP contribution in [0.5, 0.6) is 0 Å². The van der Waals surface area contributed by atoms with Gasteiger partial charge in [-0.15, -0.1) is 0 Å². The molecule has 6 heteroatoms. The molecule has 2 aromatic rings. The molecule has 0 saturated heterocycles. The van der Waals surface area contributed by atoms with Crippen LogP contribution in [-0.4, -0.2) is 30.0 Å². The molecule has 0 aliphatic heterocycles. The Labute approximate surface area is 143 Å². The van der Waals surface area contributed by atoms with Crippen molar-refractivity contribution in [1.82, 2.24) is 10.3 Å². The van der Waals surface area contributed by atoms with Crippen LogP contribution in [0.1, 0.15) is 22.9 Å². The van der Waals surface area contributed by atoms with Gasteiger partial charge in [-0.05, 0) is 24.6 Å². The lowest BCUT2D eigenvalue weighted by Gasteiger charge is -2.07. The van der Waals surface area contributed by atoms with E-state index in [0.717, 1.165) is 11.1 Å². The van der Waals surface area contributed by atoms with Crippen LogP contribution in [0.2, 0.25) is 0 Å². The molecule has 0 unspecified atom stereocenters. The number of halogens is 1. The summed E-state index contributed by atoms with van der Waals surface area (Å²) < 4.78 is 5.09. The van der Waals surface area contributed by atoms with E-state index in [-0.39, 0.29) is 45.3 Å². The molecule has 1 aromatic heterocycles. The number of nitrogens with one attached hydrogen (secondary N) is 1. The standard InChI is InChI=1S/C17H18N2O3.ClH/c1-13-4-6-14(7-5-13)11-16(20)22-10-9-19-17(21)15-3-2-8-18-12-15;/h2-8,12H,9-11H2,1H3,(H,19,21);1H. The lowest BCUT2D eigenvalue weighted by atomic mass is 10.1. The number of esters is 1. The third-order valence-corrected chi connectivity index (χ3v) is 3.04. The van der Waals surface area contributed by atoms with Crippen LogP contribution < -0.4 is 17.7 Å². The molecule has 0 spiro atoms. The van der Waals surface area contributed by atoms with Crippen LogP contribution in [0, 0.1) is 6.92 Å². The fourth-order valence-corrected chi connectivity index (χ4v) is 1.85. The van der Waals surface area contributed by atoms with Gasteiger partial charge in [0.15, 0.2) is 0 Å². The van der Waals surface area contributed by atoms with E-state index in [2.05, 4.69) is 10.3 Å². The molecule has 2 rings (SSSR count). The normalized spacial score (nSPS) is 9.61. The smallest absolute Gasteiger partial charge is 1.00 e. The highest BCUT2D eigenvalue weighted by atomic mass is 35.5. The average Bonchev–Trinajstić information content (AvgIpc) is 2.54. The number of hydrogen-bond donors (Lipinski definition) is 1. The Balaban J connectivity index is 0.00000264. The molecule has 1 N–H and O–H groups in total. The van der Waals surface area contributed by atoms with Gasteiger partial charge in [0.1, 0.15) is 6.61 Å². The van der Waals surface area contributed by atoms with Gasteiger partial charge in [-0.1, -0.05) is 29.8 Å². The lowest BCUT2D eigenvalue weighted by molar-refractivity contribution is -0.142. The number of aromatic nitrogens is 1. The monoisotopic (exact) mass is 334 g/mol. The molecular formula is C17H19ClN2O3. The molecule has 122 valence electrons. The summed E-state index contributed by atoms with van der Waals surface area (Å²) >= 11 is 0. The zero-order valence-corrected chi connectivity index (χ0v) is 13.5. The van der Waals surface area contributed by atoms with Crippen LogP contribution in [-0.2, 0) is 16.0 Å². The quantitative estimate of drug-likeness (QED) is 0.545. The minimum absolute atomic E-state index is 0. The molecule has 0 atom stereocenters. The van der Waals surface area contributed by atoms with Gasteiger partial charge in [-0.2, -0.15) is 0 Å². The SMILES string of the molecule is Cc1ccc(CC(=O)OCCNC(=O)c2cccnc2)cc1.[Cl-].[H+]. The van der Waals surface area contributed by atoms with Crippen molar-refractivity contribution < 1.29 is 28.2 Å². The van der Waals surface area contributed by atoms with Gasteiger partial charge in [0.05, 0.1) is 18.5 Å². The molecule has 0 aliphatic rings. The molecule has 0 aliphatic carbocycles. The maximum Gasteiger partial charge on any atom is 1.00 e. The first-order chi connectivity index (χ1) is 10.6. The number of benzene rings is 1. The van der Waals surface area contributed by atoms with Crippen molar-refractivity contribution in [3.63, 3.8) is 0 Å². The second kappa shape index (κ2) is 9.58. The molecule has 0 saturated carbocycles. The Bertz CT molecular complexity index is 636. The summed E-state index contributed by atoms with van der Waals surface area (Å²) in [6, 6.07) is 11.1. The molecule has 1 aromatic carbocycles. The summed E-state index contributed by atoms with van der Waals surface area (Å²) in [5.41, 5.74) is 2.54. The van der Waals surface area contributed by atoms with Crippen molar-refractivity contribution in [2.24, 2.45) is 0 Å². The van der Waals surface area contributed by atoms with Crippen LogP contribution >= 0.6 is 0 Å². The lowest BCUT2D eigenvalue weighted by Crippen LogP contribution is -3.00. The van der Waals surface area contributed by atoms with Crippen LogP contribution in [0.15, 0.2) is 48.8 Å². The number of ether oxygens (including phenoxy) is 1. The van der Waals surface area contributed by atoms with Gasteiger partial charge in [0, 0.05) is 12.4 Å². The summed E-state index contributed by atoms with van der Waals surface area (Å²) in [4.78, 5) is 27.3. The molecule has 1 heterocycles. The Kier molecular flexibility index (Phi) is 7.77. The molecular weight excluding hydrogens is 316 g/mol. The molecule has 0 bridgehead atoms. The van der Waals surface area contributed by atoms with Gasteiger partial charge >= 0.3 is 7.40 Å². The van der Waals surface area contributed by atoms with Crippen LogP contribution in [0.25, 0.3) is 0 Å². The zero-order valence-electron chi connectivity index (χ0n) is 13.8. The van der Waals surface area contributed by atoms with Crippen molar-refractivity contribution in [1.29, 1.82) is 0 Å². The topological polar surface area (TPSA) is 68.3 Å². The highest BCUT2D eigenvalue weighted by Crippen LogP contribution is 2.04. The van der Waals surface area contributed by atoms with Gasteiger partial charge in [-0.3, -0.25) is 14.6 Å². The number of carbonyl (C=O) groups is 2. The van der Waals surface area contributed by atoms with E-state index >= 15 is 0 Å². The van der Waals surface area contributed by atoms with Crippen molar-refractivity contribution in [3.8, 4) is 0 Å². The van der Waals surface area contributed by atoms with Crippen molar-refractivity contribution in [3.05, 3.63) is 65.5 Å². The predicted molar refractivity (Wildman–Crippen MR) is 83.5 cm³/mol. The van der Waals surface area contributed by atoms with Crippen LogP contribution in [0.4, 0.5) is 0 Å². The van der Waals surface area contributed by atoms with E-state index in [1.807, 2.05) is 31.2 Å². The second-order valence-electron chi connectivity index (χ2n) is 4.88. The maximum atomic E-state index is 11.7. The number of pyridine rings is 1. The Morgan fingerprint density at radius 3 is 2.61 bits per heavy atom. The van der Waals surface area contributed by atoms with E-state index in [1.54, 1.807) is 18.3 Å². The first-order valence-corrected chi connectivity index (χ1v) is 7.04. The number of rotatable bonds is 6. The summed E-state index contributed by atoms with van der Waals surface area (Å²) in [6.07, 6.45) is 3.32. The molecule has 1 amide bonds.